The molecule has 8 heteroatoms. The molecule has 34 heavy (non-hydrogen) atoms. The third-order valence-corrected chi connectivity index (χ3v) is 6.59. The Morgan fingerprint density at radius 2 is 2.09 bits per heavy atom. The molecule has 6 atom stereocenters. The molecule has 1 aromatic rings. The number of aliphatic hydroxyl groups excluding tert-OH is 2. The van der Waals surface area contributed by atoms with Gasteiger partial charge in [0.25, 0.3) is 0 Å². The molecule has 1 heterocycles. The summed E-state index contributed by atoms with van der Waals surface area (Å²) in [4.78, 5) is 11.7. The Kier molecular flexibility index (Phi) is 9.85. The second-order valence-electron chi connectivity index (χ2n) is 9.61. The van der Waals surface area contributed by atoms with E-state index >= 15 is 0 Å². The van der Waals surface area contributed by atoms with Gasteiger partial charge in [-0.15, -0.1) is 0 Å². The number of carbonyl (C=O) groups excluding carboxylic acids is 1. The van der Waals surface area contributed by atoms with Crippen LogP contribution < -0.4 is 4.74 Å². The SMILES string of the molecule is CC(C)OC(=O)CCC[C@H]1CC[C@@H]2[C@@H](/C=C/[C@@H](O)COc3cccc(F)c3F)[C@H](O)C[C@@H]2OC1. The smallest absolute Gasteiger partial charge is 0.306 e. The van der Waals surface area contributed by atoms with Crippen molar-refractivity contribution in [2.24, 2.45) is 17.8 Å². The van der Waals surface area contributed by atoms with Crippen molar-refractivity contribution in [1.82, 2.24) is 0 Å². The van der Waals surface area contributed by atoms with E-state index in [4.69, 9.17) is 14.2 Å². The van der Waals surface area contributed by atoms with Gasteiger partial charge < -0.3 is 24.4 Å². The van der Waals surface area contributed by atoms with E-state index in [9.17, 15) is 23.8 Å². The lowest BCUT2D eigenvalue weighted by Gasteiger charge is -2.21. The predicted octanol–water partition coefficient (Wildman–Crippen LogP) is 4.17. The number of benzene rings is 1. The number of esters is 1. The van der Waals surface area contributed by atoms with Crippen molar-refractivity contribution in [3.63, 3.8) is 0 Å². The van der Waals surface area contributed by atoms with Crippen LogP contribution in [0.4, 0.5) is 8.78 Å². The zero-order valence-electron chi connectivity index (χ0n) is 19.9. The first-order valence-corrected chi connectivity index (χ1v) is 12.2. The van der Waals surface area contributed by atoms with E-state index in [2.05, 4.69) is 0 Å². The normalized spacial score (nSPS) is 28.0. The van der Waals surface area contributed by atoms with Gasteiger partial charge in [-0.3, -0.25) is 4.79 Å². The number of fused-ring (bicyclic) bond motifs is 1. The molecule has 0 aromatic heterocycles. The predicted molar refractivity (Wildman–Crippen MR) is 122 cm³/mol. The lowest BCUT2D eigenvalue weighted by atomic mass is 9.86. The lowest BCUT2D eigenvalue weighted by molar-refractivity contribution is -0.147. The summed E-state index contributed by atoms with van der Waals surface area (Å²) < 4.78 is 43.5. The maximum atomic E-state index is 13.7. The van der Waals surface area contributed by atoms with E-state index in [1.54, 1.807) is 6.08 Å². The van der Waals surface area contributed by atoms with Crippen LogP contribution in [-0.2, 0) is 14.3 Å². The molecule has 0 amide bonds. The molecule has 3 rings (SSSR count). The standard InChI is InChI=1S/C26H36F2O6/c1-16(2)34-25(31)8-3-5-17-9-11-20-19(22(30)13-24(20)32-14-17)12-10-18(29)15-33-23-7-4-6-21(27)26(23)28/h4,6-7,10,12,16-20,22,24,29-30H,3,5,8-9,11,13-15H2,1-2H3/b12-10+/t17-,18+,19+,20+,22+,24-/m0/s1. The van der Waals surface area contributed by atoms with Gasteiger partial charge in [0, 0.05) is 25.4 Å². The number of carbonyl (C=O) groups is 1. The van der Waals surface area contributed by atoms with Gasteiger partial charge in [0.1, 0.15) is 12.7 Å². The molecule has 190 valence electrons. The maximum absolute atomic E-state index is 13.7. The molecule has 0 radical (unpaired) electrons. The van der Waals surface area contributed by atoms with Crippen LogP contribution in [0.1, 0.15) is 52.4 Å². The molecular formula is C26H36F2O6. The van der Waals surface area contributed by atoms with E-state index in [0.717, 1.165) is 31.7 Å². The minimum absolute atomic E-state index is 0.0460. The molecule has 1 aliphatic heterocycles. The summed E-state index contributed by atoms with van der Waals surface area (Å²) >= 11 is 0. The minimum Gasteiger partial charge on any atom is -0.487 e. The Hall–Kier alpha value is -2.03. The second-order valence-corrected chi connectivity index (χ2v) is 9.61. The minimum atomic E-state index is -1.09. The molecule has 0 unspecified atom stereocenters. The van der Waals surface area contributed by atoms with Crippen LogP contribution in [0.2, 0.25) is 0 Å². The summed E-state index contributed by atoms with van der Waals surface area (Å²) in [5, 5.41) is 20.8. The van der Waals surface area contributed by atoms with Crippen molar-refractivity contribution in [2.75, 3.05) is 13.2 Å². The van der Waals surface area contributed by atoms with Gasteiger partial charge in [0.2, 0.25) is 5.82 Å². The molecule has 1 aliphatic carbocycles. The zero-order chi connectivity index (χ0) is 24.7. The van der Waals surface area contributed by atoms with Gasteiger partial charge in [0.15, 0.2) is 11.6 Å². The highest BCUT2D eigenvalue weighted by Crippen LogP contribution is 2.42. The van der Waals surface area contributed by atoms with Crippen LogP contribution >= 0.6 is 0 Å². The summed E-state index contributed by atoms with van der Waals surface area (Å²) in [5.41, 5.74) is 0. The third-order valence-electron chi connectivity index (χ3n) is 6.59. The quantitative estimate of drug-likeness (QED) is 0.385. The van der Waals surface area contributed by atoms with Crippen molar-refractivity contribution >= 4 is 5.97 Å². The molecule has 6 nitrogen and oxygen atoms in total. The average Bonchev–Trinajstić information content (AvgIpc) is 2.94. The van der Waals surface area contributed by atoms with E-state index in [-0.39, 0.29) is 42.4 Å². The van der Waals surface area contributed by atoms with Gasteiger partial charge in [0.05, 0.1) is 18.3 Å². The maximum Gasteiger partial charge on any atom is 0.306 e. The molecule has 1 saturated heterocycles. The highest BCUT2D eigenvalue weighted by Gasteiger charge is 2.43. The number of ether oxygens (including phenoxy) is 3. The number of halogens is 2. The Labute approximate surface area is 199 Å². The molecule has 0 bridgehead atoms. The van der Waals surface area contributed by atoms with Gasteiger partial charge in [-0.05, 0) is 63.5 Å². The van der Waals surface area contributed by atoms with Crippen LogP contribution in [0.15, 0.2) is 30.4 Å². The van der Waals surface area contributed by atoms with E-state index in [1.165, 1.54) is 18.2 Å². The van der Waals surface area contributed by atoms with Crippen LogP contribution in [-0.4, -0.2) is 53.8 Å². The van der Waals surface area contributed by atoms with Crippen molar-refractivity contribution in [1.29, 1.82) is 0 Å². The highest BCUT2D eigenvalue weighted by molar-refractivity contribution is 5.69. The average molecular weight is 483 g/mol. The van der Waals surface area contributed by atoms with Gasteiger partial charge in [-0.25, -0.2) is 4.39 Å². The Morgan fingerprint density at radius 1 is 1.29 bits per heavy atom. The highest BCUT2D eigenvalue weighted by atomic mass is 19.2. The van der Waals surface area contributed by atoms with Gasteiger partial charge in [-0.2, -0.15) is 4.39 Å². The van der Waals surface area contributed by atoms with Gasteiger partial charge >= 0.3 is 5.97 Å². The van der Waals surface area contributed by atoms with E-state index in [0.29, 0.717) is 25.4 Å². The zero-order valence-corrected chi connectivity index (χ0v) is 19.9. The summed E-state index contributed by atoms with van der Waals surface area (Å²) in [6, 6.07) is 3.63. The van der Waals surface area contributed by atoms with Crippen LogP contribution in [0, 0.1) is 29.4 Å². The van der Waals surface area contributed by atoms with E-state index < -0.39 is 23.8 Å². The van der Waals surface area contributed by atoms with Crippen LogP contribution in [0.5, 0.6) is 5.75 Å². The fraction of sp³-hybridized carbons (Fsp3) is 0.654. The molecule has 2 fully saturated rings. The number of hydrogen-bond donors (Lipinski definition) is 2. The molecule has 1 saturated carbocycles. The van der Waals surface area contributed by atoms with Crippen molar-refractivity contribution in [2.45, 2.75) is 76.8 Å². The first-order valence-electron chi connectivity index (χ1n) is 12.2. The summed E-state index contributed by atoms with van der Waals surface area (Å²) in [7, 11) is 0. The van der Waals surface area contributed by atoms with Crippen molar-refractivity contribution < 1.29 is 38.0 Å². The number of aliphatic hydroxyl groups is 2. The lowest BCUT2D eigenvalue weighted by Crippen LogP contribution is -2.22. The summed E-state index contributed by atoms with van der Waals surface area (Å²) in [6.07, 6.45) is 6.02. The third kappa shape index (κ3) is 7.48. The molecule has 1 aromatic carbocycles. The number of hydrogen-bond acceptors (Lipinski definition) is 6. The van der Waals surface area contributed by atoms with Crippen molar-refractivity contribution in [3.05, 3.63) is 42.0 Å². The molecule has 2 aliphatic rings. The molecular weight excluding hydrogens is 446 g/mol. The Morgan fingerprint density at radius 3 is 2.85 bits per heavy atom. The Bertz CT molecular complexity index is 830. The molecule has 2 N–H and O–H groups in total. The van der Waals surface area contributed by atoms with Crippen LogP contribution in [0.3, 0.4) is 0 Å². The van der Waals surface area contributed by atoms with E-state index in [1.807, 2.05) is 13.8 Å². The number of rotatable bonds is 10. The first-order chi connectivity index (χ1) is 16.2. The van der Waals surface area contributed by atoms with Gasteiger partial charge in [-0.1, -0.05) is 18.2 Å². The second kappa shape index (κ2) is 12.6. The fourth-order valence-electron chi connectivity index (χ4n) is 4.88. The first kappa shape index (κ1) is 26.6. The fourth-order valence-corrected chi connectivity index (χ4v) is 4.88. The Balaban J connectivity index is 1.47. The topological polar surface area (TPSA) is 85.2 Å². The monoisotopic (exact) mass is 482 g/mol. The molecule has 0 spiro atoms. The van der Waals surface area contributed by atoms with Crippen molar-refractivity contribution in [3.8, 4) is 5.75 Å². The summed E-state index contributed by atoms with van der Waals surface area (Å²) in [6.45, 7) is 4.06. The summed E-state index contributed by atoms with van der Waals surface area (Å²) in [5.74, 6) is -2.19. The largest absolute Gasteiger partial charge is 0.487 e. The van der Waals surface area contributed by atoms with Crippen LogP contribution in [0.25, 0.3) is 0 Å².